The van der Waals surface area contributed by atoms with Crippen LogP contribution in [0.25, 0.3) is 0 Å². The molecule has 0 atom stereocenters. The average molecular weight is 443 g/mol. The van der Waals surface area contributed by atoms with E-state index in [1.807, 2.05) is 31.4 Å². The van der Waals surface area contributed by atoms with E-state index in [-0.39, 0.29) is 11.5 Å². The van der Waals surface area contributed by atoms with Gasteiger partial charge in [-0.25, -0.2) is 9.37 Å². The lowest BCUT2D eigenvalue weighted by Gasteiger charge is -2.22. The third-order valence-electron chi connectivity index (χ3n) is 4.68. The Morgan fingerprint density at radius 2 is 1.90 bits per heavy atom. The number of thiazole rings is 1. The molecule has 0 aliphatic heterocycles. The highest BCUT2D eigenvalue weighted by Crippen LogP contribution is 2.20. The molecule has 1 amide bonds. The Kier molecular flexibility index (Phi) is 8.14. The fourth-order valence-corrected chi connectivity index (χ4v) is 4.00. The van der Waals surface area contributed by atoms with Crippen molar-refractivity contribution < 1.29 is 18.7 Å². The molecule has 0 spiro atoms. The lowest BCUT2D eigenvalue weighted by Crippen LogP contribution is -2.32. The first-order valence-electron chi connectivity index (χ1n) is 10.1. The second-order valence-corrected chi connectivity index (χ2v) is 8.34. The molecule has 0 aliphatic rings. The molecule has 7 heteroatoms. The number of methoxy groups -OCH3 is 1. The first-order chi connectivity index (χ1) is 15.0. The van der Waals surface area contributed by atoms with Gasteiger partial charge in [-0.15, -0.1) is 11.3 Å². The van der Waals surface area contributed by atoms with Crippen molar-refractivity contribution in [3.05, 3.63) is 81.1 Å². The zero-order valence-electron chi connectivity index (χ0n) is 18.1. The molecule has 2 aromatic carbocycles. The number of carbonyl (C=O) groups excluding carboxylic acids is 1. The highest BCUT2D eigenvalue weighted by atomic mass is 32.1. The van der Waals surface area contributed by atoms with Crippen LogP contribution in [0.15, 0.2) is 47.8 Å². The van der Waals surface area contributed by atoms with Gasteiger partial charge in [0.25, 0.3) is 5.91 Å². The predicted molar refractivity (Wildman–Crippen MR) is 120 cm³/mol. The summed E-state index contributed by atoms with van der Waals surface area (Å²) in [6.07, 6.45) is 0.656. The van der Waals surface area contributed by atoms with Crippen molar-refractivity contribution in [1.29, 1.82) is 0 Å². The molecule has 0 bridgehead atoms. The van der Waals surface area contributed by atoms with Crippen molar-refractivity contribution in [1.82, 2.24) is 9.88 Å². The minimum Gasteiger partial charge on any atom is -0.486 e. The van der Waals surface area contributed by atoms with Crippen molar-refractivity contribution in [3.8, 4) is 5.75 Å². The highest BCUT2D eigenvalue weighted by molar-refractivity contribution is 7.09. The van der Waals surface area contributed by atoms with E-state index in [1.54, 1.807) is 24.1 Å². The number of amides is 1. The fourth-order valence-electron chi connectivity index (χ4n) is 3.30. The Morgan fingerprint density at radius 3 is 2.61 bits per heavy atom. The maximum absolute atomic E-state index is 14.1. The van der Waals surface area contributed by atoms with Crippen LogP contribution < -0.4 is 4.74 Å². The van der Waals surface area contributed by atoms with Crippen molar-refractivity contribution >= 4 is 17.2 Å². The standard InChI is InChI=1S/C24H27FN2O3S/c1-17-11-18(2)13-20(12-17)30-15-23-26-19(16-31-23)14-27(9-6-10-29-3)24(28)21-7-4-5-8-22(21)25/h4-5,7-8,11-13,16H,6,9-10,14-15H2,1-3H3. The van der Waals surface area contributed by atoms with E-state index in [1.165, 1.54) is 23.5 Å². The number of ether oxygens (including phenoxy) is 2. The maximum atomic E-state index is 14.1. The summed E-state index contributed by atoms with van der Waals surface area (Å²) in [6, 6.07) is 12.1. The van der Waals surface area contributed by atoms with Gasteiger partial charge in [0.05, 0.1) is 17.8 Å². The SMILES string of the molecule is COCCCN(Cc1csc(COc2cc(C)cc(C)c2)n1)C(=O)c1ccccc1F. The zero-order valence-corrected chi connectivity index (χ0v) is 18.9. The van der Waals surface area contributed by atoms with Gasteiger partial charge in [0.1, 0.15) is 23.2 Å². The van der Waals surface area contributed by atoms with Gasteiger partial charge in [0.2, 0.25) is 0 Å². The number of halogens is 1. The quantitative estimate of drug-likeness (QED) is 0.407. The number of nitrogens with zero attached hydrogens (tertiary/aromatic N) is 2. The van der Waals surface area contributed by atoms with Gasteiger partial charge in [-0.2, -0.15) is 0 Å². The van der Waals surface area contributed by atoms with Crippen LogP contribution in [0.5, 0.6) is 5.75 Å². The summed E-state index contributed by atoms with van der Waals surface area (Å²) in [4.78, 5) is 19.2. The number of aryl methyl sites for hydroxylation is 2. The lowest BCUT2D eigenvalue weighted by molar-refractivity contribution is 0.0717. The summed E-state index contributed by atoms with van der Waals surface area (Å²) in [6.45, 7) is 5.70. The van der Waals surface area contributed by atoms with E-state index in [0.717, 1.165) is 27.6 Å². The van der Waals surface area contributed by atoms with Crippen LogP contribution >= 0.6 is 11.3 Å². The Morgan fingerprint density at radius 1 is 1.16 bits per heavy atom. The zero-order chi connectivity index (χ0) is 22.2. The predicted octanol–water partition coefficient (Wildman–Crippen LogP) is 5.16. The van der Waals surface area contributed by atoms with Gasteiger partial charge in [-0.05, 0) is 55.7 Å². The van der Waals surface area contributed by atoms with Crippen molar-refractivity contribution in [3.63, 3.8) is 0 Å². The van der Waals surface area contributed by atoms with Gasteiger partial charge in [-0.1, -0.05) is 18.2 Å². The Labute approximate surface area is 186 Å². The summed E-state index contributed by atoms with van der Waals surface area (Å²) >= 11 is 1.49. The molecule has 0 saturated carbocycles. The molecule has 0 radical (unpaired) electrons. The Bertz CT molecular complexity index is 1000. The van der Waals surface area contributed by atoms with Crippen molar-refractivity contribution in [2.24, 2.45) is 0 Å². The number of rotatable bonds is 10. The molecule has 1 heterocycles. The molecule has 1 aromatic heterocycles. The second kappa shape index (κ2) is 11.0. The number of aromatic nitrogens is 1. The molecular formula is C24H27FN2O3S. The normalized spacial score (nSPS) is 10.8. The summed E-state index contributed by atoms with van der Waals surface area (Å²) in [5, 5.41) is 2.74. The van der Waals surface area contributed by atoms with Crippen LogP contribution in [-0.2, 0) is 17.9 Å². The molecule has 0 unspecified atom stereocenters. The molecule has 5 nitrogen and oxygen atoms in total. The van der Waals surface area contributed by atoms with Gasteiger partial charge >= 0.3 is 0 Å². The summed E-state index contributed by atoms with van der Waals surface area (Å²) in [5.74, 6) is -0.0644. The maximum Gasteiger partial charge on any atom is 0.257 e. The van der Waals surface area contributed by atoms with Crippen molar-refractivity contribution in [2.75, 3.05) is 20.3 Å². The highest BCUT2D eigenvalue weighted by Gasteiger charge is 2.20. The first-order valence-corrected chi connectivity index (χ1v) is 11.0. The molecule has 164 valence electrons. The molecule has 3 rings (SSSR count). The molecule has 3 aromatic rings. The fraction of sp³-hybridized carbons (Fsp3) is 0.333. The average Bonchev–Trinajstić information content (AvgIpc) is 3.18. The van der Waals surface area contributed by atoms with Crippen LogP contribution in [-0.4, -0.2) is 36.1 Å². The van der Waals surface area contributed by atoms with Crippen LogP contribution in [0.2, 0.25) is 0 Å². The largest absolute Gasteiger partial charge is 0.486 e. The molecule has 0 N–H and O–H groups in total. The van der Waals surface area contributed by atoms with Crippen LogP contribution in [0.4, 0.5) is 4.39 Å². The lowest BCUT2D eigenvalue weighted by atomic mass is 10.1. The third kappa shape index (κ3) is 6.60. The molecule has 0 aliphatic carbocycles. The van der Waals surface area contributed by atoms with E-state index in [4.69, 9.17) is 9.47 Å². The molecule has 31 heavy (non-hydrogen) atoms. The number of benzene rings is 2. The van der Waals surface area contributed by atoms with E-state index in [2.05, 4.69) is 11.1 Å². The molecule has 0 saturated heterocycles. The van der Waals surface area contributed by atoms with Gasteiger partial charge < -0.3 is 14.4 Å². The van der Waals surface area contributed by atoms with Gasteiger partial charge in [0, 0.05) is 25.6 Å². The van der Waals surface area contributed by atoms with Crippen LogP contribution in [0.3, 0.4) is 0 Å². The Balaban J connectivity index is 1.67. The smallest absolute Gasteiger partial charge is 0.257 e. The minimum absolute atomic E-state index is 0.0634. The summed E-state index contributed by atoms with van der Waals surface area (Å²) < 4.78 is 25.1. The van der Waals surface area contributed by atoms with Crippen molar-refractivity contribution in [2.45, 2.75) is 33.4 Å². The van der Waals surface area contributed by atoms with Gasteiger partial charge in [-0.3, -0.25) is 4.79 Å². The molecular weight excluding hydrogens is 415 g/mol. The number of hydrogen-bond acceptors (Lipinski definition) is 5. The number of hydrogen-bond donors (Lipinski definition) is 0. The minimum atomic E-state index is -0.523. The monoisotopic (exact) mass is 442 g/mol. The van der Waals surface area contributed by atoms with E-state index >= 15 is 0 Å². The van der Waals surface area contributed by atoms with Crippen LogP contribution in [0.1, 0.15) is 38.6 Å². The van der Waals surface area contributed by atoms with E-state index < -0.39 is 5.82 Å². The van der Waals surface area contributed by atoms with Crippen LogP contribution in [0, 0.1) is 19.7 Å². The van der Waals surface area contributed by atoms with Gasteiger partial charge in [0.15, 0.2) is 0 Å². The Hall–Kier alpha value is -2.77. The second-order valence-electron chi connectivity index (χ2n) is 7.40. The van der Waals surface area contributed by atoms with E-state index in [0.29, 0.717) is 32.7 Å². The van der Waals surface area contributed by atoms with E-state index in [9.17, 15) is 9.18 Å². The summed E-state index contributed by atoms with van der Waals surface area (Å²) in [7, 11) is 1.62. The third-order valence-corrected chi connectivity index (χ3v) is 5.55. The number of carbonyl (C=O) groups is 1. The summed E-state index contributed by atoms with van der Waals surface area (Å²) in [5.41, 5.74) is 3.11. The first kappa shape index (κ1) is 22.9. The molecule has 0 fully saturated rings. The topological polar surface area (TPSA) is 51.7 Å².